The Balaban J connectivity index is 0.000000334. The number of nitrogens with zero attached hydrogens (tertiary/aromatic N) is 4. The molecule has 0 aliphatic rings. The van der Waals surface area contributed by atoms with E-state index >= 15 is 8.78 Å². The Morgan fingerprint density at radius 1 is 0.533 bits per heavy atom. The third-order valence-corrected chi connectivity index (χ3v) is 15.9. The van der Waals surface area contributed by atoms with Gasteiger partial charge in [-0.2, -0.15) is 26.3 Å². The largest absolute Gasteiger partial charge is 0.481 e. The number of hydrogen-bond acceptors (Lipinski definition) is 9. The van der Waals surface area contributed by atoms with E-state index in [1.807, 2.05) is 65.8 Å². The summed E-state index contributed by atoms with van der Waals surface area (Å²) in [5.74, 6) is -6.02. The molecule has 92 heavy (non-hydrogen) atoms. The van der Waals surface area contributed by atoms with Gasteiger partial charge in [0.2, 0.25) is 11.8 Å². The Kier molecular flexibility index (Phi) is 25.3. The Bertz CT molecular complexity index is 3760. The Morgan fingerprint density at radius 2 is 0.870 bits per heavy atom. The van der Waals surface area contributed by atoms with Crippen LogP contribution >= 0.6 is 0 Å². The van der Waals surface area contributed by atoms with Crippen molar-refractivity contribution in [3.05, 3.63) is 183 Å². The van der Waals surface area contributed by atoms with Gasteiger partial charge in [-0.1, -0.05) is 63.1 Å². The van der Waals surface area contributed by atoms with Gasteiger partial charge in [0.25, 0.3) is 11.1 Å². The number of pyridine rings is 2. The quantitative estimate of drug-likeness (QED) is 0.0414. The standard InChI is InChI=1S/C36H45F4N3O4.C34H41F4N3O4/c1-10-47-31(45)18-29(27-16-26(15-24(7)33(27)37)32-22(5)13-21(4)14-23(32)6)41-35(46)34(20(2)3)43-19-25(11-12-42(8)9)28(17-30(43)44)36(38,39)40;1-18(2)32(41-17-23(9-10-40(7)8)26(15-28(41)42)34(36,37)38)33(45)39-27(16-29(43)44)25-14-24(13-22(6)31(25)35)30-20(4)11-19(3)12-21(30)5/h13-17,19-20,29,34H,10-12,18H2,1-9H3,(H,41,46);11-15,17-18,27,32H,9-10,16H2,1-8H3,(H,39,45)(H,43,44)/t29-,34?;27-,32?/m00/s1. The second-order valence-corrected chi connectivity index (χ2v) is 25.1. The Morgan fingerprint density at radius 3 is 1.16 bits per heavy atom. The van der Waals surface area contributed by atoms with Crippen molar-refractivity contribution in [1.82, 2.24) is 29.6 Å². The molecule has 2 unspecified atom stereocenters. The molecule has 2 amide bonds. The number of halogens is 8. The number of esters is 1. The molecule has 3 N–H and O–H groups in total. The van der Waals surface area contributed by atoms with Crippen molar-refractivity contribution in [2.24, 2.45) is 11.8 Å². The number of amides is 2. The predicted octanol–water partition coefficient (Wildman–Crippen LogP) is 13.6. The van der Waals surface area contributed by atoms with E-state index in [9.17, 15) is 60.2 Å². The number of rotatable bonds is 23. The van der Waals surface area contributed by atoms with Gasteiger partial charge in [0, 0.05) is 48.7 Å². The molecule has 2 aromatic heterocycles. The molecule has 14 nitrogen and oxygen atoms in total. The molecule has 4 aromatic carbocycles. The number of alkyl halides is 6. The minimum atomic E-state index is -4.78. The maximum absolute atomic E-state index is 15.9. The smallest absolute Gasteiger partial charge is 0.416 e. The summed E-state index contributed by atoms with van der Waals surface area (Å²) < 4.78 is 122. The Labute approximate surface area is 533 Å². The molecule has 2 heterocycles. The predicted molar refractivity (Wildman–Crippen MR) is 341 cm³/mol. The van der Waals surface area contributed by atoms with Crippen molar-refractivity contribution in [3.63, 3.8) is 0 Å². The fraction of sp³-hybridized carbons (Fsp3) is 0.457. The Hall–Kier alpha value is -7.98. The number of nitrogens with one attached hydrogen (secondary N) is 2. The maximum Gasteiger partial charge on any atom is 0.416 e. The fourth-order valence-corrected chi connectivity index (χ4v) is 11.9. The molecule has 0 fully saturated rings. The van der Waals surface area contributed by atoms with Crippen molar-refractivity contribution < 1.29 is 64.1 Å². The van der Waals surface area contributed by atoms with Crippen LogP contribution in [0.5, 0.6) is 0 Å². The van der Waals surface area contributed by atoms with Crippen LogP contribution in [-0.4, -0.2) is 95.7 Å². The summed E-state index contributed by atoms with van der Waals surface area (Å²) in [7, 11) is 6.84. The van der Waals surface area contributed by atoms with Crippen molar-refractivity contribution in [2.75, 3.05) is 47.9 Å². The lowest BCUT2D eigenvalue weighted by Crippen LogP contribution is -2.42. The highest BCUT2D eigenvalue weighted by atomic mass is 19.4. The van der Waals surface area contributed by atoms with Crippen LogP contribution in [0, 0.1) is 78.9 Å². The SMILES string of the molecule is CCOC(=O)C[C@H](NC(=O)C(C(C)C)n1cc(CCN(C)C)c(C(F)(F)F)cc1=O)c1cc(-c2c(C)cc(C)cc2C)cc(C)c1F.Cc1cc(C)c(-c2cc(C)c(F)c([C@H](CC(=O)O)NC(=O)C(C(C)C)n3cc(CCN(C)C)c(C(F)(F)F)cc3=O)c2)c(C)c1. The topological polar surface area (TPSA) is 172 Å². The number of hydrogen-bond donors (Lipinski definition) is 3. The number of benzene rings is 4. The molecule has 0 aliphatic heterocycles. The van der Waals surface area contributed by atoms with Gasteiger partial charge in [-0.3, -0.25) is 28.8 Å². The molecule has 0 spiro atoms. The van der Waals surface area contributed by atoms with Gasteiger partial charge in [0.05, 0.1) is 42.7 Å². The van der Waals surface area contributed by atoms with Gasteiger partial charge in [0.1, 0.15) is 23.7 Å². The maximum atomic E-state index is 15.9. The van der Waals surface area contributed by atoms with E-state index in [2.05, 4.69) is 10.6 Å². The fourth-order valence-electron chi connectivity index (χ4n) is 11.9. The molecule has 0 bridgehead atoms. The van der Waals surface area contributed by atoms with Crippen LogP contribution in [0.4, 0.5) is 35.1 Å². The number of carboxylic acids is 1. The molecule has 0 aliphatic carbocycles. The zero-order valence-electron chi connectivity index (χ0n) is 55.5. The second-order valence-electron chi connectivity index (χ2n) is 25.1. The number of carbonyl (C=O) groups is 4. The zero-order chi connectivity index (χ0) is 69.3. The van der Waals surface area contributed by atoms with Crippen molar-refractivity contribution >= 4 is 23.8 Å². The van der Waals surface area contributed by atoms with Gasteiger partial charge in [-0.25, -0.2) is 8.78 Å². The summed E-state index contributed by atoms with van der Waals surface area (Å²) in [4.78, 5) is 82.3. The number of aryl methyl sites for hydroxylation is 8. The van der Waals surface area contributed by atoms with E-state index < -0.39 is 119 Å². The van der Waals surface area contributed by atoms with Crippen LogP contribution in [0.25, 0.3) is 22.3 Å². The van der Waals surface area contributed by atoms with Gasteiger partial charge in [-0.15, -0.1) is 0 Å². The zero-order valence-corrected chi connectivity index (χ0v) is 55.5. The van der Waals surface area contributed by atoms with Crippen molar-refractivity contribution in [2.45, 2.75) is 152 Å². The average Bonchev–Trinajstić information content (AvgIpc) is 0.802. The molecular weight excluding hydrogens is 1200 g/mol. The van der Waals surface area contributed by atoms with Gasteiger partial charge in [-0.05, 0) is 206 Å². The van der Waals surface area contributed by atoms with Crippen molar-refractivity contribution in [3.8, 4) is 22.3 Å². The number of aromatic nitrogens is 2. The minimum Gasteiger partial charge on any atom is -0.481 e. The van der Waals surface area contributed by atoms with E-state index in [-0.39, 0.29) is 60.4 Å². The lowest BCUT2D eigenvalue weighted by Gasteiger charge is -2.28. The average molecular weight is 1290 g/mol. The van der Waals surface area contributed by atoms with E-state index in [0.717, 1.165) is 66.0 Å². The highest BCUT2D eigenvalue weighted by Gasteiger charge is 2.39. The highest BCUT2D eigenvalue weighted by Crippen LogP contribution is 2.38. The highest BCUT2D eigenvalue weighted by molar-refractivity contribution is 5.84. The first-order valence-electron chi connectivity index (χ1n) is 30.4. The normalized spacial score (nSPS) is 13.2. The monoisotopic (exact) mass is 1290 g/mol. The van der Waals surface area contributed by atoms with E-state index in [0.29, 0.717) is 28.8 Å². The summed E-state index contributed by atoms with van der Waals surface area (Å²) in [5.41, 5.74) is 5.11. The number of ether oxygens (including phenoxy) is 1. The van der Waals surface area contributed by atoms with Crippen LogP contribution in [0.1, 0.15) is 150 Å². The number of carboxylic acid groups (broad SMARTS) is 1. The van der Waals surface area contributed by atoms with Crippen LogP contribution in [0.3, 0.4) is 0 Å². The summed E-state index contributed by atoms with van der Waals surface area (Å²) >= 11 is 0. The van der Waals surface area contributed by atoms with E-state index in [4.69, 9.17) is 4.74 Å². The molecule has 6 aromatic rings. The lowest BCUT2D eigenvalue weighted by molar-refractivity contribution is -0.144. The number of aliphatic carboxylic acids is 1. The van der Waals surface area contributed by atoms with Gasteiger partial charge in [0.15, 0.2) is 0 Å². The summed E-state index contributed by atoms with van der Waals surface area (Å²) in [5, 5.41) is 15.1. The van der Waals surface area contributed by atoms with Gasteiger partial charge < -0.3 is 39.4 Å². The number of carbonyl (C=O) groups excluding carboxylic acids is 3. The van der Waals surface area contributed by atoms with E-state index in [1.54, 1.807) is 105 Å². The van der Waals surface area contributed by atoms with E-state index in [1.165, 1.54) is 6.07 Å². The first kappa shape index (κ1) is 74.7. The minimum absolute atomic E-state index is 0.0187. The number of likely N-dealkylation sites (N-methyl/N-ethyl adjacent to an activating group) is 2. The third kappa shape index (κ3) is 18.8. The molecule has 0 saturated heterocycles. The lowest BCUT2D eigenvalue weighted by atomic mass is 9.89. The summed E-state index contributed by atoms with van der Waals surface area (Å²) in [6.07, 6.45) is -8.54. The van der Waals surface area contributed by atoms with Crippen molar-refractivity contribution in [1.29, 1.82) is 0 Å². The van der Waals surface area contributed by atoms with Crippen LogP contribution in [-0.2, 0) is 49.1 Å². The molecular formula is C70H86F8N6O8. The van der Waals surface area contributed by atoms with Crippen LogP contribution in [0.2, 0.25) is 0 Å². The first-order valence-corrected chi connectivity index (χ1v) is 30.4. The molecule has 22 heteroatoms. The molecule has 4 atom stereocenters. The molecule has 0 saturated carbocycles. The molecule has 0 radical (unpaired) electrons. The third-order valence-electron chi connectivity index (χ3n) is 15.9. The van der Waals surface area contributed by atoms with Gasteiger partial charge >= 0.3 is 24.3 Å². The van der Waals surface area contributed by atoms with Crippen LogP contribution < -0.4 is 21.8 Å². The molecule has 6 rings (SSSR count). The second kappa shape index (κ2) is 31.1. The first-order chi connectivity index (χ1) is 42.7. The molecule has 500 valence electrons. The van der Waals surface area contributed by atoms with Crippen LogP contribution in [0.15, 0.2) is 82.6 Å². The summed E-state index contributed by atoms with van der Waals surface area (Å²) in [6, 6.07) is 10.4. The summed E-state index contributed by atoms with van der Waals surface area (Å²) in [6.45, 7) is 23.6.